The van der Waals surface area contributed by atoms with Gasteiger partial charge in [0.1, 0.15) is 10.8 Å². The van der Waals surface area contributed by atoms with Gasteiger partial charge in [0, 0.05) is 0 Å². The smallest absolute Gasteiger partial charge is 1.00 e. The van der Waals surface area contributed by atoms with Crippen molar-refractivity contribution in [3.8, 4) is 0 Å². The van der Waals surface area contributed by atoms with E-state index in [4.69, 9.17) is 28.3 Å². The maximum absolute atomic E-state index is 10.3. The Labute approximate surface area is 102 Å². The first-order valence-electron chi connectivity index (χ1n) is 2.66. The van der Waals surface area contributed by atoms with Crippen LogP contribution < -0.4 is 29.6 Å². The monoisotopic (exact) mass is 215 g/mol. The van der Waals surface area contributed by atoms with Crippen molar-refractivity contribution in [1.82, 2.24) is 4.98 Å². The van der Waals surface area contributed by atoms with Gasteiger partial charge in [0.25, 0.3) is 0 Å². The van der Waals surface area contributed by atoms with Crippen LogP contribution in [0.2, 0.25) is 10.2 Å². The largest absolute Gasteiger partial charge is 1.00 e. The van der Waals surface area contributed by atoms with Gasteiger partial charge in [-0.2, -0.15) is 0 Å². The van der Waals surface area contributed by atoms with E-state index < -0.39 is 5.97 Å². The van der Waals surface area contributed by atoms with Crippen molar-refractivity contribution in [3.05, 3.63) is 28.0 Å². The average molecular weight is 216 g/mol. The molecule has 0 saturated heterocycles. The molecule has 0 aliphatic rings. The molecule has 0 aliphatic heterocycles. The predicted molar refractivity (Wildman–Crippen MR) is 42.3 cm³/mol. The molecule has 0 spiro atoms. The predicted octanol–water partition coefficient (Wildman–Crippen LogP) is -0.797. The molecule has 0 amide bonds. The molecule has 0 radical (unpaired) electrons. The number of pyridine rings is 1. The summed E-state index contributed by atoms with van der Waals surface area (Å²) in [6.45, 7) is 0. The third-order valence-corrected chi connectivity index (χ3v) is 1.71. The summed E-state index contributed by atoms with van der Waals surface area (Å²) < 4.78 is 0. The number of aromatic carboxylic acids is 1. The van der Waals surface area contributed by atoms with Gasteiger partial charge in [-0.1, -0.05) is 23.2 Å². The summed E-state index contributed by atoms with van der Waals surface area (Å²) >= 11 is 10.9. The van der Waals surface area contributed by atoms with Crippen LogP contribution in [0, 0.1) is 0 Å². The van der Waals surface area contributed by atoms with Crippen molar-refractivity contribution in [2.45, 2.75) is 0 Å². The second-order valence-corrected chi connectivity index (χ2v) is 2.54. The molecule has 12 heavy (non-hydrogen) atoms. The zero-order chi connectivity index (χ0) is 8.43. The molecule has 0 aliphatic carbocycles. The molecular formula is C6H4Cl2NNaO2. The van der Waals surface area contributed by atoms with Crippen molar-refractivity contribution in [2.75, 3.05) is 0 Å². The standard InChI is InChI=1S/C6H3Cl2NO2.Na.H/c7-3-1-2-4(6(10)11)9-5(3)8;;/h1-2H,(H,10,11);;/q;+1;-1. The van der Waals surface area contributed by atoms with Crippen molar-refractivity contribution in [1.29, 1.82) is 0 Å². The summed E-state index contributed by atoms with van der Waals surface area (Å²) in [5.41, 5.74) is -0.112. The minimum absolute atomic E-state index is 0. The fourth-order valence-electron chi connectivity index (χ4n) is 0.536. The Balaban J connectivity index is 0. The van der Waals surface area contributed by atoms with E-state index >= 15 is 0 Å². The number of carbonyl (C=O) groups is 1. The summed E-state index contributed by atoms with van der Waals surface area (Å²) in [4.78, 5) is 13.8. The quantitative estimate of drug-likeness (QED) is 0.494. The van der Waals surface area contributed by atoms with Gasteiger partial charge in [0.2, 0.25) is 0 Å². The first-order valence-corrected chi connectivity index (χ1v) is 3.42. The van der Waals surface area contributed by atoms with E-state index in [0.717, 1.165) is 0 Å². The van der Waals surface area contributed by atoms with Crippen molar-refractivity contribution in [3.63, 3.8) is 0 Å². The van der Waals surface area contributed by atoms with Crippen LogP contribution in [0.25, 0.3) is 0 Å². The molecule has 1 aromatic heterocycles. The minimum atomic E-state index is -1.12. The number of carboxylic acids is 1. The van der Waals surface area contributed by atoms with E-state index in [-0.39, 0.29) is 46.9 Å². The fraction of sp³-hybridized carbons (Fsp3) is 0. The van der Waals surface area contributed by atoms with Crippen LogP contribution in [0.1, 0.15) is 11.9 Å². The molecule has 3 nitrogen and oxygen atoms in total. The van der Waals surface area contributed by atoms with Gasteiger partial charge in [0.15, 0.2) is 0 Å². The first kappa shape index (κ1) is 12.2. The molecule has 0 bridgehead atoms. The first-order chi connectivity index (χ1) is 5.11. The van der Waals surface area contributed by atoms with Gasteiger partial charge in [-0.25, -0.2) is 9.78 Å². The van der Waals surface area contributed by atoms with Gasteiger partial charge >= 0.3 is 35.5 Å². The number of rotatable bonds is 1. The summed E-state index contributed by atoms with van der Waals surface area (Å²) in [5.74, 6) is -1.12. The Morgan fingerprint density at radius 2 is 2.08 bits per heavy atom. The van der Waals surface area contributed by atoms with Crippen molar-refractivity contribution >= 4 is 29.2 Å². The van der Waals surface area contributed by atoms with Gasteiger partial charge in [0.05, 0.1) is 5.02 Å². The van der Waals surface area contributed by atoms with E-state index in [0.29, 0.717) is 0 Å². The molecule has 1 N–H and O–H groups in total. The van der Waals surface area contributed by atoms with E-state index in [1.165, 1.54) is 12.1 Å². The molecule has 6 heteroatoms. The summed E-state index contributed by atoms with van der Waals surface area (Å²) in [5, 5.41) is 8.69. The third kappa shape index (κ3) is 2.92. The topological polar surface area (TPSA) is 50.2 Å². The van der Waals surface area contributed by atoms with Crippen LogP contribution in [0.15, 0.2) is 12.1 Å². The molecule has 1 heterocycles. The third-order valence-electron chi connectivity index (χ3n) is 1.02. The number of nitrogens with zero attached hydrogens (tertiary/aromatic N) is 1. The Morgan fingerprint density at radius 3 is 2.50 bits per heavy atom. The Bertz CT molecular complexity index is 311. The normalized spacial score (nSPS) is 8.83. The number of carboxylic acid groups (broad SMARTS) is 1. The summed E-state index contributed by atoms with van der Waals surface area (Å²) in [6.07, 6.45) is 0. The second kappa shape index (κ2) is 5.04. The van der Waals surface area contributed by atoms with Crippen LogP contribution in [0.3, 0.4) is 0 Å². The molecule has 0 atom stereocenters. The molecule has 0 fully saturated rings. The zero-order valence-electron chi connectivity index (χ0n) is 7.21. The van der Waals surface area contributed by atoms with E-state index in [2.05, 4.69) is 4.98 Å². The molecule has 0 aromatic carbocycles. The summed E-state index contributed by atoms with van der Waals surface area (Å²) in [7, 11) is 0. The minimum Gasteiger partial charge on any atom is -1.00 e. The second-order valence-electron chi connectivity index (χ2n) is 1.77. The van der Waals surface area contributed by atoms with Gasteiger partial charge in [-0.15, -0.1) is 0 Å². The van der Waals surface area contributed by atoms with Crippen LogP contribution in [-0.4, -0.2) is 16.1 Å². The van der Waals surface area contributed by atoms with Gasteiger partial charge in [-0.3, -0.25) is 0 Å². The molecule has 1 aromatic rings. The van der Waals surface area contributed by atoms with Crippen molar-refractivity contribution in [2.24, 2.45) is 0 Å². The van der Waals surface area contributed by atoms with Crippen LogP contribution in [0.5, 0.6) is 0 Å². The number of aromatic nitrogens is 1. The zero-order valence-corrected chi connectivity index (χ0v) is 9.73. The molecule has 1 rings (SSSR count). The van der Waals surface area contributed by atoms with E-state index in [1.807, 2.05) is 0 Å². The SMILES string of the molecule is O=C(O)c1ccc(Cl)c(Cl)n1.[H-].[Na+]. The maximum Gasteiger partial charge on any atom is 1.00 e. The molecule has 0 saturated carbocycles. The number of hydrogen-bond acceptors (Lipinski definition) is 2. The van der Waals surface area contributed by atoms with Crippen LogP contribution >= 0.6 is 23.2 Å². The van der Waals surface area contributed by atoms with Crippen LogP contribution in [0.4, 0.5) is 0 Å². The van der Waals surface area contributed by atoms with Crippen molar-refractivity contribution < 1.29 is 40.9 Å². The fourth-order valence-corrected chi connectivity index (χ4v) is 0.796. The summed E-state index contributed by atoms with van der Waals surface area (Å²) in [6, 6.07) is 2.68. The Kier molecular flexibility index (Phi) is 5.13. The van der Waals surface area contributed by atoms with Gasteiger partial charge < -0.3 is 6.53 Å². The van der Waals surface area contributed by atoms with E-state index in [9.17, 15) is 4.79 Å². The molecular weight excluding hydrogens is 212 g/mol. The van der Waals surface area contributed by atoms with E-state index in [1.54, 1.807) is 0 Å². The number of hydrogen-bond donors (Lipinski definition) is 1. The molecule has 60 valence electrons. The Hall–Kier alpha value is 0.200. The maximum atomic E-state index is 10.3. The number of halogens is 2. The van der Waals surface area contributed by atoms with Crippen LogP contribution in [-0.2, 0) is 0 Å². The average Bonchev–Trinajstić information content (AvgIpc) is 1.94. The van der Waals surface area contributed by atoms with Gasteiger partial charge in [-0.05, 0) is 12.1 Å². The Morgan fingerprint density at radius 1 is 1.50 bits per heavy atom. The molecule has 0 unspecified atom stereocenters.